The number of allylic oxidation sites excluding steroid dienone is 1. The van der Waals surface area contributed by atoms with E-state index in [4.69, 9.17) is 25.8 Å². The lowest BCUT2D eigenvalue weighted by Gasteiger charge is -2.32. The van der Waals surface area contributed by atoms with Crippen LogP contribution in [-0.2, 0) is 19.1 Å². The fraction of sp³-hybridized carbons (Fsp3) is 0.433. The molecule has 3 unspecified atom stereocenters. The zero-order valence-corrected chi connectivity index (χ0v) is 25.9. The molecule has 0 amide bonds. The SMILES string of the molecule is COC(=O)C1=C(C(F)(F)F)N=C(C)C(C(=O)OC)C1c1cc([N+](=O)[O-])ccc1OCCCCNCC(O)COc1ccccc1Cl. The molecule has 3 atom stereocenters. The highest BCUT2D eigenvalue weighted by Crippen LogP contribution is 2.47. The van der Waals surface area contributed by atoms with E-state index < -0.39 is 57.9 Å². The summed E-state index contributed by atoms with van der Waals surface area (Å²) < 4.78 is 63.2. The van der Waals surface area contributed by atoms with Crippen LogP contribution >= 0.6 is 11.6 Å². The highest BCUT2D eigenvalue weighted by atomic mass is 35.5. The normalized spacial score (nSPS) is 17.2. The van der Waals surface area contributed by atoms with Crippen LogP contribution in [0.25, 0.3) is 0 Å². The Morgan fingerprint density at radius 2 is 1.83 bits per heavy atom. The summed E-state index contributed by atoms with van der Waals surface area (Å²) >= 11 is 6.03. The minimum atomic E-state index is -5.13. The summed E-state index contributed by atoms with van der Waals surface area (Å²) in [4.78, 5) is 40.1. The number of non-ortho nitro benzene ring substituents is 1. The number of aliphatic hydroxyl groups excluding tert-OH is 1. The van der Waals surface area contributed by atoms with Crippen molar-refractivity contribution in [2.75, 3.05) is 40.5 Å². The number of nitrogens with one attached hydrogen (secondary N) is 1. The Bertz CT molecular complexity index is 1480. The molecule has 1 heterocycles. The van der Waals surface area contributed by atoms with E-state index in [1.54, 1.807) is 24.3 Å². The number of carbonyl (C=O) groups is 2. The van der Waals surface area contributed by atoms with Crippen molar-refractivity contribution in [1.82, 2.24) is 5.32 Å². The predicted octanol–water partition coefficient (Wildman–Crippen LogP) is 4.77. The first-order valence-corrected chi connectivity index (χ1v) is 14.4. The van der Waals surface area contributed by atoms with Crippen molar-refractivity contribution >= 4 is 34.9 Å². The molecule has 0 saturated carbocycles. The van der Waals surface area contributed by atoms with Gasteiger partial charge in [0.25, 0.3) is 5.69 Å². The minimum Gasteiger partial charge on any atom is -0.493 e. The molecule has 46 heavy (non-hydrogen) atoms. The summed E-state index contributed by atoms with van der Waals surface area (Å²) in [6.45, 7) is 1.89. The first-order valence-electron chi connectivity index (χ1n) is 14.0. The second-order valence-corrected chi connectivity index (χ2v) is 10.5. The number of nitrogens with zero attached hydrogens (tertiary/aromatic N) is 2. The third kappa shape index (κ3) is 9.17. The fourth-order valence-corrected chi connectivity index (χ4v) is 5.00. The summed E-state index contributed by atoms with van der Waals surface area (Å²) in [5.74, 6) is -5.36. The highest BCUT2D eigenvalue weighted by Gasteiger charge is 2.50. The Hall–Kier alpha value is -4.21. The summed E-state index contributed by atoms with van der Waals surface area (Å²) in [6, 6.07) is 10.1. The molecule has 0 fully saturated rings. The molecule has 0 aliphatic carbocycles. The number of carbonyl (C=O) groups excluding carboxylic acids is 2. The number of benzene rings is 2. The lowest BCUT2D eigenvalue weighted by atomic mass is 9.75. The third-order valence-corrected chi connectivity index (χ3v) is 7.27. The van der Waals surface area contributed by atoms with Gasteiger partial charge in [0.1, 0.15) is 30.1 Å². The molecule has 0 saturated heterocycles. The standard InChI is InChI=1S/C30H33ClF3N3O9/c1-17-24(28(39)43-2)25(26(29(40)44-3)27(36-17)30(32,33)34)20-14-18(37(41)42)10-11-22(20)45-13-7-6-12-35-15-19(38)16-46-23-9-5-4-8-21(23)31/h4-5,8-11,14,19,24-25,35,38H,6-7,12-13,15-16H2,1-3H3. The number of aliphatic imine (C=N–C) groups is 1. The van der Waals surface area contributed by atoms with Crippen molar-refractivity contribution in [2.45, 2.75) is 38.0 Å². The monoisotopic (exact) mass is 671 g/mol. The third-order valence-electron chi connectivity index (χ3n) is 6.96. The number of rotatable bonds is 15. The van der Waals surface area contributed by atoms with Crippen LogP contribution in [0.1, 0.15) is 31.2 Å². The number of hydrogen-bond acceptors (Lipinski definition) is 11. The van der Waals surface area contributed by atoms with Crippen molar-refractivity contribution in [1.29, 1.82) is 0 Å². The van der Waals surface area contributed by atoms with Crippen LogP contribution in [0.4, 0.5) is 18.9 Å². The second kappa shape index (κ2) is 16.4. The Morgan fingerprint density at radius 1 is 1.11 bits per heavy atom. The van der Waals surface area contributed by atoms with Crippen LogP contribution in [0, 0.1) is 16.0 Å². The smallest absolute Gasteiger partial charge is 0.433 e. The number of ether oxygens (including phenoxy) is 4. The van der Waals surface area contributed by atoms with Gasteiger partial charge in [0.2, 0.25) is 0 Å². The number of hydrogen-bond donors (Lipinski definition) is 2. The molecule has 250 valence electrons. The first-order chi connectivity index (χ1) is 21.8. The van der Waals surface area contributed by atoms with Gasteiger partial charge in [-0.2, -0.15) is 13.2 Å². The average molecular weight is 672 g/mol. The molecule has 12 nitrogen and oxygen atoms in total. The van der Waals surface area contributed by atoms with Crippen molar-refractivity contribution in [3.8, 4) is 11.5 Å². The van der Waals surface area contributed by atoms with Gasteiger partial charge in [-0.15, -0.1) is 0 Å². The van der Waals surface area contributed by atoms with Gasteiger partial charge in [-0.3, -0.25) is 19.9 Å². The maximum Gasteiger partial charge on any atom is 0.433 e. The van der Waals surface area contributed by atoms with Gasteiger partial charge in [0.15, 0.2) is 5.70 Å². The van der Waals surface area contributed by atoms with Gasteiger partial charge in [-0.1, -0.05) is 23.7 Å². The Kier molecular flexibility index (Phi) is 12.9. The van der Waals surface area contributed by atoms with Crippen LogP contribution in [0.2, 0.25) is 5.02 Å². The molecule has 2 N–H and O–H groups in total. The lowest BCUT2D eigenvalue weighted by molar-refractivity contribution is -0.385. The molecule has 1 aliphatic rings. The lowest BCUT2D eigenvalue weighted by Crippen LogP contribution is -2.38. The molecular weight excluding hydrogens is 639 g/mol. The summed E-state index contributed by atoms with van der Waals surface area (Å²) in [6.07, 6.45) is -4.98. The van der Waals surface area contributed by atoms with E-state index >= 15 is 0 Å². The van der Waals surface area contributed by atoms with Gasteiger partial charge in [-0.25, -0.2) is 4.79 Å². The molecule has 0 spiro atoms. The van der Waals surface area contributed by atoms with E-state index in [9.17, 15) is 38.0 Å². The van der Waals surface area contributed by atoms with Crippen LogP contribution < -0.4 is 14.8 Å². The number of unbranched alkanes of at least 4 members (excludes halogenated alkanes) is 1. The van der Waals surface area contributed by atoms with Gasteiger partial charge in [0.05, 0.1) is 36.3 Å². The Balaban J connectivity index is 1.76. The van der Waals surface area contributed by atoms with Gasteiger partial charge >= 0.3 is 18.1 Å². The Morgan fingerprint density at radius 3 is 2.46 bits per heavy atom. The number of para-hydroxylation sites is 1. The second-order valence-electron chi connectivity index (χ2n) is 10.1. The number of nitro benzene ring substituents is 1. The first kappa shape index (κ1) is 36.3. The zero-order chi connectivity index (χ0) is 34.0. The number of nitro groups is 1. The number of aliphatic hydroxyl groups is 1. The maximum atomic E-state index is 14.1. The number of alkyl halides is 3. The van der Waals surface area contributed by atoms with Gasteiger partial charge in [0, 0.05) is 35.9 Å². The topological polar surface area (TPSA) is 159 Å². The largest absolute Gasteiger partial charge is 0.493 e. The van der Waals surface area contributed by atoms with E-state index in [0.717, 1.165) is 26.4 Å². The molecule has 2 aromatic carbocycles. The van der Waals surface area contributed by atoms with Crippen LogP contribution in [-0.4, -0.2) is 80.5 Å². The van der Waals surface area contributed by atoms with E-state index in [2.05, 4.69) is 15.0 Å². The minimum absolute atomic E-state index is 0.0126. The van der Waals surface area contributed by atoms with Crippen LogP contribution in [0.5, 0.6) is 11.5 Å². The molecular formula is C30H33ClF3N3O9. The maximum absolute atomic E-state index is 14.1. The Labute approximate surface area is 267 Å². The fourth-order valence-electron chi connectivity index (χ4n) is 4.81. The highest BCUT2D eigenvalue weighted by molar-refractivity contribution is 6.32. The molecule has 0 aromatic heterocycles. The number of methoxy groups -OCH3 is 2. The van der Waals surface area contributed by atoms with Crippen molar-refractivity contribution in [3.05, 3.63) is 74.4 Å². The summed E-state index contributed by atoms with van der Waals surface area (Å²) in [5, 5.41) is 25.3. The van der Waals surface area contributed by atoms with Crippen LogP contribution in [0.15, 0.2) is 58.7 Å². The van der Waals surface area contributed by atoms with Crippen molar-refractivity contribution < 1.29 is 51.7 Å². The van der Waals surface area contributed by atoms with E-state index in [-0.39, 0.29) is 36.8 Å². The molecule has 16 heteroatoms. The van der Waals surface area contributed by atoms with Crippen molar-refractivity contribution in [3.63, 3.8) is 0 Å². The van der Waals surface area contributed by atoms with Gasteiger partial charge in [-0.05, 0) is 44.5 Å². The van der Waals surface area contributed by atoms with Gasteiger partial charge < -0.3 is 29.4 Å². The zero-order valence-electron chi connectivity index (χ0n) is 25.1. The quantitative estimate of drug-likeness (QED) is 0.117. The number of esters is 2. The molecule has 3 rings (SSSR count). The van der Waals surface area contributed by atoms with Crippen LogP contribution in [0.3, 0.4) is 0 Å². The predicted molar refractivity (Wildman–Crippen MR) is 160 cm³/mol. The molecule has 0 radical (unpaired) electrons. The number of halogens is 4. The van der Waals surface area contributed by atoms with E-state index in [1.807, 2.05) is 0 Å². The molecule has 2 aromatic rings. The average Bonchev–Trinajstić information content (AvgIpc) is 3.02. The molecule has 0 bridgehead atoms. The summed E-state index contributed by atoms with van der Waals surface area (Å²) in [7, 11) is 1.87. The van der Waals surface area contributed by atoms with E-state index in [1.165, 1.54) is 13.0 Å². The molecule has 1 aliphatic heterocycles. The van der Waals surface area contributed by atoms with E-state index in [0.29, 0.717) is 30.2 Å². The summed E-state index contributed by atoms with van der Waals surface area (Å²) in [5.41, 5.74) is -3.65. The van der Waals surface area contributed by atoms with Crippen molar-refractivity contribution in [2.24, 2.45) is 10.9 Å².